The molecule has 0 saturated carbocycles. The number of aliphatic hydroxyl groups excluding tert-OH is 1. The van der Waals surface area contributed by atoms with E-state index in [4.69, 9.17) is 10.00 Å². The second-order valence-corrected chi connectivity index (χ2v) is 7.41. The Morgan fingerprint density at radius 2 is 1.85 bits per heavy atom. The number of hydrogen-bond donors (Lipinski definition) is 3. The summed E-state index contributed by atoms with van der Waals surface area (Å²) in [5, 5.41) is 31.6. The van der Waals surface area contributed by atoms with Crippen LogP contribution in [0.1, 0.15) is 25.3 Å². The molecule has 2 atom stereocenters. The lowest BCUT2D eigenvalue weighted by Gasteiger charge is -2.19. The SMILES string of the molecule is CCC(CCSc1ccc(O)cc1)NCC(O)COc1ccc(C#N)cc1. The second-order valence-electron chi connectivity index (χ2n) is 6.25. The number of phenols is 1. The van der Waals surface area contributed by atoms with Crippen molar-refractivity contribution in [3.8, 4) is 17.6 Å². The van der Waals surface area contributed by atoms with Crippen LogP contribution in [0, 0.1) is 11.3 Å². The van der Waals surface area contributed by atoms with E-state index >= 15 is 0 Å². The van der Waals surface area contributed by atoms with E-state index in [0.29, 0.717) is 23.9 Å². The van der Waals surface area contributed by atoms with E-state index < -0.39 is 6.10 Å². The molecule has 0 aromatic heterocycles. The largest absolute Gasteiger partial charge is 0.508 e. The molecule has 0 saturated heterocycles. The average molecular weight is 387 g/mol. The first-order chi connectivity index (χ1) is 13.1. The molecule has 0 spiro atoms. The Morgan fingerprint density at radius 3 is 2.48 bits per heavy atom. The van der Waals surface area contributed by atoms with E-state index in [0.717, 1.165) is 23.5 Å². The van der Waals surface area contributed by atoms with Gasteiger partial charge in [-0.1, -0.05) is 6.92 Å². The molecule has 0 aliphatic rings. The van der Waals surface area contributed by atoms with Crippen LogP contribution in [0.25, 0.3) is 0 Å². The van der Waals surface area contributed by atoms with Gasteiger partial charge < -0.3 is 20.3 Å². The highest BCUT2D eigenvalue weighted by Gasteiger charge is 2.10. The summed E-state index contributed by atoms with van der Waals surface area (Å²) in [5.41, 5.74) is 0.584. The van der Waals surface area contributed by atoms with Crippen LogP contribution < -0.4 is 10.1 Å². The van der Waals surface area contributed by atoms with E-state index in [-0.39, 0.29) is 12.4 Å². The van der Waals surface area contributed by atoms with Gasteiger partial charge in [-0.2, -0.15) is 5.26 Å². The summed E-state index contributed by atoms with van der Waals surface area (Å²) < 4.78 is 5.56. The fourth-order valence-corrected chi connectivity index (χ4v) is 3.46. The molecular formula is C21H26N2O3S. The Labute approximate surface area is 165 Å². The summed E-state index contributed by atoms with van der Waals surface area (Å²) in [4.78, 5) is 1.14. The van der Waals surface area contributed by atoms with E-state index in [1.165, 1.54) is 0 Å². The van der Waals surface area contributed by atoms with Gasteiger partial charge in [0.25, 0.3) is 0 Å². The third kappa shape index (κ3) is 7.92. The van der Waals surface area contributed by atoms with Crippen LogP contribution in [0.15, 0.2) is 53.4 Å². The predicted octanol–water partition coefficient (Wildman–Crippen LogP) is 3.55. The van der Waals surface area contributed by atoms with Gasteiger partial charge in [0, 0.05) is 17.5 Å². The van der Waals surface area contributed by atoms with Crippen molar-refractivity contribution in [3.05, 3.63) is 54.1 Å². The maximum Gasteiger partial charge on any atom is 0.119 e. The van der Waals surface area contributed by atoms with Crippen molar-refractivity contribution in [2.75, 3.05) is 18.9 Å². The number of rotatable bonds is 11. The average Bonchev–Trinajstić information content (AvgIpc) is 2.70. The summed E-state index contributed by atoms with van der Waals surface area (Å²) in [6.45, 7) is 2.80. The molecule has 2 rings (SSSR count). The molecular weight excluding hydrogens is 360 g/mol. The molecule has 5 nitrogen and oxygen atoms in total. The number of aliphatic hydroxyl groups is 1. The molecule has 2 aromatic rings. The molecule has 0 bridgehead atoms. The van der Waals surface area contributed by atoms with E-state index in [2.05, 4.69) is 18.3 Å². The van der Waals surface area contributed by atoms with Gasteiger partial charge in [0.15, 0.2) is 0 Å². The Kier molecular flexibility index (Phi) is 8.99. The number of hydrogen-bond acceptors (Lipinski definition) is 6. The van der Waals surface area contributed by atoms with Crippen LogP contribution in [0.4, 0.5) is 0 Å². The van der Waals surface area contributed by atoms with Gasteiger partial charge in [-0.05, 0) is 67.1 Å². The molecule has 0 radical (unpaired) electrons. The van der Waals surface area contributed by atoms with Gasteiger partial charge in [0.1, 0.15) is 24.2 Å². The van der Waals surface area contributed by atoms with Crippen LogP contribution in [0.2, 0.25) is 0 Å². The number of ether oxygens (including phenoxy) is 1. The number of nitrogens with zero attached hydrogens (tertiary/aromatic N) is 1. The minimum atomic E-state index is -0.598. The highest BCUT2D eigenvalue weighted by molar-refractivity contribution is 7.99. The van der Waals surface area contributed by atoms with Gasteiger partial charge in [0.2, 0.25) is 0 Å². The van der Waals surface area contributed by atoms with Crippen molar-refractivity contribution in [1.82, 2.24) is 5.32 Å². The number of nitriles is 1. The summed E-state index contributed by atoms with van der Waals surface area (Å²) in [5.74, 6) is 1.89. The van der Waals surface area contributed by atoms with Gasteiger partial charge in [-0.15, -0.1) is 11.8 Å². The molecule has 2 aromatic carbocycles. The smallest absolute Gasteiger partial charge is 0.119 e. The number of phenolic OH excluding ortho intramolecular Hbond substituents is 1. The van der Waals surface area contributed by atoms with Crippen molar-refractivity contribution in [1.29, 1.82) is 5.26 Å². The van der Waals surface area contributed by atoms with Crippen LogP contribution in [-0.4, -0.2) is 41.3 Å². The fourth-order valence-electron chi connectivity index (χ4n) is 2.49. The second kappa shape index (κ2) is 11.5. The molecule has 0 fully saturated rings. The predicted molar refractivity (Wildman–Crippen MR) is 108 cm³/mol. The zero-order chi connectivity index (χ0) is 19.5. The minimum Gasteiger partial charge on any atom is -0.508 e. The Bertz CT molecular complexity index is 714. The minimum absolute atomic E-state index is 0.206. The zero-order valence-corrected chi connectivity index (χ0v) is 16.3. The molecule has 6 heteroatoms. The first kappa shape index (κ1) is 21.1. The van der Waals surface area contributed by atoms with Crippen LogP contribution in [0.3, 0.4) is 0 Å². The lowest BCUT2D eigenvalue weighted by Crippen LogP contribution is -2.38. The van der Waals surface area contributed by atoms with Crippen molar-refractivity contribution >= 4 is 11.8 Å². The van der Waals surface area contributed by atoms with E-state index in [1.807, 2.05) is 12.1 Å². The number of nitrogens with one attached hydrogen (secondary N) is 1. The Hall–Kier alpha value is -2.20. The summed E-state index contributed by atoms with van der Waals surface area (Å²) in [6.07, 6.45) is 1.38. The third-order valence-corrected chi connectivity index (χ3v) is 5.18. The topological polar surface area (TPSA) is 85.5 Å². The molecule has 2 unspecified atom stereocenters. The maximum absolute atomic E-state index is 10.1. The molecule has 3 N–H and O–H groups in total. The van der Waals surface area contributed by atoms with Crippen molar-refractivity contribution in [2.45, 2.75) is 36.8 Å². The van der Waals surface area contributed by atoms with Crippen molar-refractivity contribution < 1.29 is 14.9 Å². The van der Waals surface area contributed by atoms with E-state index in [9.17, 15) is 10.2 Å². The van der Waals surface area contributed by atoms with Gasteiger partial charge in [0.05, 0.1) is 11.6 Å². The number of benzene rings is 2. The quantitative estimate of drug-likeness (QED) is 0.512. The molecule has 0 aliphatic heterocycles. The molecule has 0 heterocycles. The molecule has 0 aliphatic carbocycles. The summed E-state index contributed by atoms with van der Waals surface area (Å²) >= 11 is 1.76. The number of thioether (sulfide) groups is 1. The monoisotopic (exact) mass is 386 g/mol. The normalized spacial score (nSPS) is 12.9. The van der Waals surface area contributed by atoms with E-state index in [1.54, 1.807) is 48.2 Å². The molecule has 27 heavy (non-hydrogen) atoms. The fraction of sp³-hybridized carbons (Fsp3) is 0.381. The Balaban J connectivity index is 1.64. The van der Waals surface area contributed by atoms with Gasteiger partial charge >= 0.3 is 0 Å². The van der Waals surface area contributed by atoms with Crippen LogP contribution in [0.5, 0.6) is 11.5 Å². The van der Waals surface area contributed by atoms with Gasteiger partial charge in [-0.3, -0.25) is 0 Å². The van der Waals surface area contributed by atoms with Crippen molar-refractivity contribution in [2.24, 2.45) is 0 Å². The maximum atomic E-state index is 10.1. The molecule has 144 valence electrons. The standard InChI is InChI=1S/C21H26N2O3S/c1-2-17(11-12-27-21-9-5-18(24)6-10-21)23-14-19(25)15-26-20-7-3-16(13-22)4-8-20/h3-10,17,19,23-25H,2,11-12,14-15H2,1H3. The first-order valence-electron chi connectivity index (χ1n) is 9.07. The number of aromatic hydroxyl groups is 1. The zero-order valence-electron chi connectivity index (χ0n) is 15.5. The van der Waals surface area contributed by atoms with Gasteiger partial charge in [-0.25, -0.2) is 0 Å². The lowest BCUT2D eigenvalue weighted by atomic mass is 10.1. The first-order valence-corrected chi connectivity index (χ1v) is 10.1. The highest BCUT2D eigenvalue weighted by Crippen LogP contribution is 2.22. The molecule has 0 amide bonds. The lowest BCUT2D eigenvalue weighted by molar-refractivity contribution is 0.103. The summed E-state index contributed by atoms with van der Waals surface area (Å²) in [6, 6.07) is 16.5. The van der Waals surface area contributed by atoms with Crippen molar-refractivity contribution in [3.63, 3.8) is 0 Å². The summed E-state index contributed by atoms with van der Waals surface area (Å²) in [7, 11) is 0. The Morgan fingerprint density at radius 1 is 1.15 bits per heavy atom. The highest BCUT2D eigenvalue weighted by atomic mass is 32.2. The third-order valence-electron chi connectivity index (χ3n) is 4.13. The van der Waals surface area contributed by atoms with Crippen LogP contribution in [-0.2, 0) is 0 Å². The van der Waals surface area contributed by atoms with Crippen LogP contribution >= 0.6 is 11.8 Å².